The third kappa shape index (κ3) is 2.61. The Morgan fingerprint density at radius 3 is 2.73 bits per heavy atom. The minimum Gasteiger partial charge on any atom is -0.478 e. The molecule has 0 saturated carbocycles. The van der Waals surface area contributed by atoms with Crippen molar-refractivity contribution in [1.29, 1.82) is 0 Å². The molecule has 0 aliphatic rings. The number of ether oxygens (including phenoxy) is 1. The van der Waals surface area contributed by atoms with E-state index in [-0.39, 0.29) is 0 Å². The molecule has 3 rings (SSSR count). The number of nitrogens with two attached hydrogens (primary N) is 1. The van der Waals surface area contributed by atoms with E-state index in [0.717, 1.165) is 16.5 Å². The quantitative estimate of drug-likeness (QED) is 0.802. The number of benzene rings is 1. The van der Waals surface area contributed by atoms with Crippen molar-refractivity contribution in [2.75, 3.05) is 6.61 Å². The van der Waals surface area contributed by atoms with Gasteiger partial charge >= 0.3 is 0 Å². The number of carbonyl (C=O) groups is 1. The van der Waals surface area contributed by atoms with Crippen molar-refractivity contribution in [1.82, 2.24) is 9.97 Å². The highest BCUT2D eigenvalue weighted by Gasteiger charge is 2.11. The van der Waals surface area contributed by atoms with Crippen molar-refractivity contribution in [3.8, 4) is 17.1 Å². The minimum absolute atomic E-state index is 0.453. The lowest BCUT2D eigenvalue weighted by Gasteiger charge is -2.08. The summed E-state index contributed by atoms with van der Waals surface area (Å²) < 4.78 is 5.32. The Balaban J connectivity index is 2.12. The van der Waals surface area contributed by atoms with Gasteiger partial charge in [0.25, 0.3) is 0 Å². The van der Waals surface area contributed by atoms with Crippen molar-refractivity contribution in [3.63, 3.8) is 0 Å². The molecule has 0 atom stereocenters. The normalized spacial score (nSPS) is 10.6. The van der Waals surface area contributed by atoms with Crippen LogP contribution in [-0.2, 0) is 0 Å². The molecule has 3 aromatic rings. The topological polar surface area (TPSA) is 78.1 Å². The molecule has 110 valence electrons. The lowest BCUT2D eigenvalue weighted by molar-refractivity contribution is 0.100. The highest BCUT2D eigenvalue weighted by Crippen LogP contribution is 2.25. The van der Waals surface area contributed by atoms with Gasteiger partial charge in [0.05, 0.1) is 23.4 Å². The highest BCUT2D eigenvalue weighted by molar-refractivity contribution is 6.06. The number of hydrogen-bond donors (Lipinski definition) is 1. The molecule has 5 heteroatoms. The average molecular weight is 293 g/mol. The second kappa shape index (κ2) is 5.81. The maximum absolute atomic E-state index is 11.7. The van der Waals surface area contributed by atoms with E-state index in [1.807, 2.05) is 37.3 Å². The number of aromatic nitrogens is 2. The van der Waals surface area contributed by atoms with Gasteiger partial charge < -0.3 is 10.5 Å². The number of amides is 1. The van der Waals surface area contributed by atoms with Crippen LogP contribution >= 0.6 is 0 Å². The summed E-state index contributed by atoms with van der Waals surface area (Å²) in [5.74, 6) is 0.0842. The molecule has 1 amide bonds. The molecule has 0 saturated heterocycles. The molecule has 2 heterocycles. The van der Waals surface area contributed by atoms with Gasteiger partial charge in [0.1, 0.15) is 0 Å². The van der Waals surface area contributed by atoms with Crippen LogP contribution in [0.15, 0.2) is 48.7 Å². The third-order valence-electron chi connectivity index (χ3n) is 3.31. The first-order valence-corrected chi connectivity index (χ1v) is 6.98. The van der Waals surface area contributed by atoms with Gasteiger partial charge in [0.2, 0.25) is 11.8 Å². The zero-order valence-electron chi connectivity index (χ0n) is 12.1. The number of fused-ring (bicyclic) bond motifs is 1. The molecular weight excluding hydrogens is 278 g/mol. The number of primary amides is 1. The van der Waals surface area contributed by atoms with E-state index in [1.54, 1.807) is 18.3 Å². The molecule has 0 spiro atoms. The molecule has 0 radical (unpaired) electrons. The largest absolute Gasteiger partial charge is 0.478 e. The molecule has 22 heavy (non-hydrogen) atoms. The maximum Gasteiger partial charge on any atom is 0.249 e. The Bertz CT molecular complexity index is 829. The van der Waals surface area contributed by atoms with Crippen LogP contribution in [0.1, 0.15) is 17.3 Å². The van der Waals surface area contributed by atoms with Gasteiger partial charge in [-0.05, 0) is 25.1 Å². The molecule has 0 fully saturated rings. The fourth-order valence-electron chi connectivity index (χ4n) is 2.29. The van der Waals surface area contributed by atoms with E-state index < -0.39 is 5.91 Å². The van der Waals surface area contributed by atoms with E-state index >= 15 is 0 Å². The first-order valence-electron chi connectivity index (χ1n) is 6.98. The molecule has 2 aromatic heterocycles. The van der Waals surface area contributed by atoms with Gasteiger partial charge in [-0.15, -0.1) is 0 Å². The van der Waals surface area contributed by atoms with Gasteiger partial charge in [0.15, 0.2) is 0 Å². The Kier molecular flexibility index (Phi) is 3.70. The Morgan fingerprint density at radius 1 is 1.23 bits per heavy atom. The van der Waals surface area contributed by atoms with Crippen molar-refractivity contribution >= 4 is 16.8 Å². The van der Waals surface area contributed by atoms with Crippen LogP contribution in [-0.4, -0.2) is 22.5 Å². The third-order valence-corrected chi connectivity index (χ3v) is 3.31. The van der Waals surface area contributed by atoms with Crippen LogP contribution in [0, 0.1) is 0 Å². The van der Waals surface area contributed by atoms with Crippen molar-refractivity contribution in [2.24, 2.45) is 5.73 Å². The average Bonchev–Trinajstić information content (AvgIpc) is 2.54. The number of para-hydroxylation sites is 1. The van der Waals surface area contributed by atoms with E-state index in [4.69, 9.17) is 10.5 Å². The number of hydrogen-bond acceptors (Lipinski definition) is 4. The smallest absolute Gasteiger partial charge is 0.249 e. The monoisotopic (exact) mass is 293 g/mol. The summed E-state index contributed by atoms with van der Waals surface area (Å²) in [5.41, 5.74) is 8.12. The van der Waals surface area contributed by atoms with Crippen LogP contribution in [0.3, 0.4) is 0 Å². The second-order valence-corrected chi connectivity index (χ2v) is 4.75. The second-order valence-electron chi connectivity index (χ2n) is 4.75. The molecule has 0 unspecified atom stereocenters. The number of rotatable bonds is 4. The van der Waals surface area contributed by atoms with Gasteiger partial charge in [0, 0.05) is 23.2 Å². The minimum atomic E-state index is -0.473. The summed E-state index contributed by atoms with van der Waals surface area (Å²) in [6.45, 7) is 2.46. The summed E-state index contributed by atoms with van der Waals surface area (Å²) in [6.07, 6.45) is 1.67. The predicted molar refractivity (Wildman–Crippen MR) is 84.7 cm³/mol. The summed E-state index contributed by atoms with van der Waals surface area (Å²) in [5, 5.41) is 0.748. The zero-order valence-corrected chi connectivity index (χ0v) is 12.1. The zero-order chi connectivity index (χ0) is 15.5. The number of pyridine rings is 2. The van der Waals surface area contributed by atoms with Gasteiger partial charge in [-0.3, -0.25) is 4.79 Å². The predicted octanol–water partition coefficient (Wildman–Crippen LogP) is 2.79. The lowest BCUT2D eigenvalue weighted by atomic mass is 10.0. The van der Waals surface area contributed by atoms with Crippen molar-refractivity contribution in [3.05, 3.63) is 54.2 Å². The molecule has 5 nitrogen and oxygen atoms in total. The van der Waals surface area contributed by atoms with Gasteiger partial charge in [-0.2, -0.15) is 0 Å². The van der Waals surface area contributed by atoms with Crippen molar-refractivity contribution < 1.29 is 9.53 Å². The molecule has 0 aliphatic heterocycles. The van der Waals surface area contributed by atoms with E-state index in [0.29, 0.717) is 23.7 Å². The summed E-state index contributed by atoms with van der Waals surface area (Å²) in [7, 11) is 0. The fraction of sp³-hybridized carbons (Fsp3) is 0.118. The van der Waals surface area contributed by atoms with Crippen LogP contribution < -0.4 is 10.5 Å². The Labute approximate surface area is 127 Å². The van der Waals surface area contributed by atoms with Crippen LogP contribution in [0.2, 0.25) is 0 Å². The number of carbonyl (C=O) groups excluding carboxylic acids is 1. The van der Waals surface area contributed by atoms with Gasteiger partial charge in [-0.1, -0.05) is 18.2 Å². The van der Waals surface area contributed by atoms with E-state index in [9.17, 15) is 4.79 Å². The highest BCUT2D eigenvalue weighted by atomic mass is 16.5. The van der Waals surface area contributed by atoms with Crippen LogP contribution in [0.25, 0.3) is 22.2 Å². The first kappa shape index (κ1) is 14.0. The van der Waals surface area contributed by atoms with Crippen LogP contribution in [0.5, 0.6) is 5.88 Å². The van der Waals surface area contributed by atoms with Crippen molar-refractivity contribution in [2.45, 2.75) is 6.92 Å². The SMILES string of the molecule is CCOc1ccc(-c2cc(C(N)=O)c3ccccc3n2)cn1. The number of nitrogens with zero attached hydrogens (tertiary/aromatic N) is 2. The Hall–Kier alpha value is -2.95. The van der Waals surface area contributed by atoms with Crippen LogP contribution in [0.4, 0.5) is 0 Å². The molecular formula is C17H15N3O2. The molecule has 0 aliphatic carbocycles. The van der Waals surface area contributed by atoms with E-state index in [2.05, 4.69) is 9.97 Å². The Morgan fingerprint density at radius 2 is 2.05 bits per heavy atom. The van der Waals surface area contributed by atoms with Gasteiger partial charge in [-0.25, -0.2) is 9.97 Å². The summed E-state index contributed by atoms with van der Waals surface area (Å²) in [6, 6.07) is 12.8. The lowest BCUT2D eigenvalue weighted by Crippen LogP contribution is -2.12. The summed E-state index contributed by atoms with van der Waals surface area (Å²) >= 11 is 0. The molecule has 1 aromatic carbocycles. The first-order chi connectivity index (χ1) is 10.7. The maximum atomic E-state index is 11.7. The fourth-order valence-corrected chi connectivity index (χ4v) is 2.29. The standard InChI is InChI=1S/C17H15N3O2/c1-2-22-16-8-7-11(10-19-16)15-9-13(17(18)21)12-5-3-4-6-14(12)20-15/h3-10H,2H2,1H3,(H2,18,21). The molecule has 2 N–H and O–H groups in total. The summed E-state index contributed by atoms with van der Waals surface area (Å²) in [4.78, 5) is 20.5. The molecule has 0 bridgehead atoms. The van der Waals surface area contributed by atoms with E-state index in [1.165, 1.54) is 0 Å².